The number of rotatable bonds is 2. The molecule has 0 fully saturated rings. The van der Waals surface area contributed by atoms with Gasteiger partial charge < -0.3 is 0 Å². The summed E-state index contributed by atoms with van der Waals surface area (Å²) in [5, 5.41) is 5.05. The minimum Gasteiger partial charge on any atom is -0.220 e. The highest BCUT2D eigenvalue weighted by Crippen LogP contribution is 2.24. The van der Waals surface area contributed by atoms with Crippen molar-refractivity contribution in [1.29, 1.82) is 0 Å². The molecule has 0 spiro atoms. The Bertz CT molecular complexity index is 629. The summed E-state index contributed by atoms with van der Waals surface area (Å²) < 4.78 is 1.86. The number of hydrogen-bond acceptors (Lipinski definition) is 3. The molecule has 102 valence electrons. The van der Waals surface area contributed by atoms with E-state index < -0.39 is 0 Å². The van der Waals surface area contributed by atoms with Crippen LogP contribution in [0.4, 0.5) is 0 Å². The minimum absolute atomic E-state index is 0.231. The fraction of sp³-hybridized carbons (Fsp3) is 0.500. The molecule has 4 nitrogen and oxygen atoms in total. The highest BCUT2D eigenvalue weighted by molar-refractivity contribution is 6.30. The average molecular weight is 279 g/mol. The quantitative estimate of drug-likeness (QED) is 0.787. The third kappa shape index (κ3) is 2.37. The topological polar surface area (TPSA) is 43.6 Å². The molecule has 0 bridgehead atoms. The molecule has 0 unspecified atom stereocenters. The van der Waals surface area contributed by atoms with E-state index >= 15 is 0 Å². The van der Waals surface area contributed by atoms with Gasteiger partial charge in [-0.25, -0.2) is 14.6 Å². The monoisotopic (exact) mass is 278 g/mol. The van der Waals surface area contributed by atoms with Gasteiger partial charge >= 0.3 is 0 Å². The molecule has 5 heteroatoms. The molecular formula is C14H19ClN4. The number of aromatic nitrogens is 4. The van der Waals surface area contributed by atoms with Gasteiger partial charge in [0.1, 0.15) is 11.0 Å². The van der Waals surface area contributed by atoms with Crippen LogP contribution in [0.25, 0.3) is 5.82 Å². The van der Waals surface area contributed by atoms with Crippen LogP contribution in [-0.2, 0) is 0 Å². The van der Waals surface area contributed by atoms with Gasteiger partial charge in [0.15, 0.2) is 5.82 Å². The third-order valence-corrected chi connectivity index (χ3v) is 3.82. The van der Waals surface area contributed by atoms with Crippen LogP contribution < -0.4 is 0 Å². The molecule has 0 aliphatic rings. The molecule has 2 rings (SSSR count). The van der Waals surface area contributed by atoms with Gasteiger partial charge in [0.25, 0.3) is 0 Å². The Morgan fingerprint density at radius 3 is 2.11 bits per heavy atom. The second-order valence-electron chi connectivity index (χ2n) is 5.18. The molecule has 2 aromatic rings. The second kappa shape index (κ2) is 4.93. The van der Waals surface area contributed by atoms with E-state index in [9.17, 15) is 0 Å². The molecule has 0 aromatic carbocycles. The lowest BCUT2D eigenvalue weighted by molar-refractivity contribution is 0.729. The van der Waals surface area contributed by atoms with Gasteiger partial charge in [-0.2, -0.15) is 5.10 Å². The van der Waals surface area contributed by atoms with Crippen LogP contribution in [-0.4, -0.2) is 19.7 Å². The summed E-state index contributed by atoms with van der Waals surface area (Å²) in [5.41, 5.74) is 4.14. The standard InChI is InChI=1S/C14H19ClN4/c1-7(2)13-16-12(15)9(4)14(17-13)19-11(6)8(3)10(5)18-19/h7H,1-6H3. The Morgan fingerprint density at radius 2 is 1.63 bits per heavy atom. The maximum absolute atomic E-state index is 6.22. The SMILES string of the molecule is Cc1nn(-c2nc(C(C)C)nc(Cl)c2C)c(C)c1C. The van der Waals surface area contributed by atoms with E-state index in [0.717, 1.165) is 28.6 Å². The lowest BCUT2D eigenvalue weighted by atomic mass is 10.2. The molecule has 2 aromatic heterocycles. The van der Waals surface area contributed by atoms with E-state index in [1.165, 1.54) is 5.56 Å². The number of nitrogens with zero attached hydrogens (tertiary/aromatic N) is 4. The summed E-state index contributed by atoms with van der Waals surface area (Å²) in [5.74, 6) is 1.75. The number of hydrogen-bond donors (Lipinski definition) is 0. The Hall–Kier alpha value is -1.42. The molecule has 0 radical (unpaired) electrons. The van der Waals surface area contributed by atoms with Crippen molar-refractivity contribution in [3.8, 4) is 5.82 Å². The fourth-order valence-electron chi connectivity index (χ4n) is 1.89. The van der Waals surface area contributed by atoms with E-state index in [1.54, 1.807) is 0 Å². The highest BCUT2D eigenvalue weighted by Gasteiger charge is 2.17. The molecule has 0 aliphatic carbocycles. The van der Waals surface area contributed by atoms with E-state index in [-0.39, 0.29) is 5.92 Å². The smallest absolute Gasteiger partial charge is 0.161 e. The Kier molecular flexibility index (Phi) is 3.63. The van der Waals surface area contributed by atoms with Crippen LogP contribution in [0.2, 0.25) is 5.15 Å². The first-order valence-electron chi connectivity index (χ1n) is 6.40. The normalized spacial score (nSPS) is 11.4. The Morgan fingerprint density at radius 1 is 1.00 bits per heavy atom. The zero-order chi connectivity index (χ0) is 14.3. The van der Waals surface area contributed by atoms with E-state index in [0.29, 0.717) is 5.15 Å². The first kappa shape index (κ1) is 14.0. The third-order valence-electron chi connectivity index (χ3n) is 3.45. The second-order valence-corrected chi connectivity index (χ2v) is 5.54. The predicted octanol–water partition coefficient (Wildman–Crippen LogP) is 3.67. The molecule has 0 saturated carbocycles. The summed E-state index contributed by atoms with van der Waals surface area (Å²) in [4.78, 5) is 8.95. The van der Waals surface area contributed by atoms with Gasteiger partial charge in [-0.05, 0) is 33.3 Å². The van der Waals surface area contributed by atoms with Crippen molar-refractivity contribution in [3.63, 3.8) is 0 Å². The summed E-state index contributed by atoms with van der Waals surface area (Å²) in [7, 11) is 0. The Labute approximate surface area is 118 Å². The number of aryl methyl sites for hydroxylation is 1. The average Bonchev–Trinajstić information content (AvgIpc) is 2.60. The Balaban J connectivity index is 2.70. The maximum Gasteiger partial charge on any atom is 0.161 e. The van der Waals surface area contributed by atoms with Crippen LogP contribution in [0.3, 0.4) is 0 Å². The molecule has 0 aliphatic heterocycles. The lowest BCUT2D eigenvalue weighted by Gasteiger charge is -2.12. The minimum atomic E-state index is 0.231. The van der Waals surface area contributed by atoms with Crippen molar-refractivity contribution < 1.29 is 0 Å². The first-order chi connectivity index (χ1) is 8.82. The summed E-state index contributed by atoms with van der Waals surface area (Å²) >= 11 is 6.22. The zero-order valence-corrected chi connectivity index (χ0v) is 13.0. The fourth-order valence-corrected chi connectivity index (χ4v) is 2.06. The molecule has 0 atom stereocenters. The van der Waals surface area contributed by atoms with Gasteiger partial charge in [0.2, 0.25) is 0 Å². The largest absolute Gasteiger partial charge is 0.220 e. The maximum atomic E-state index is 6.22. The van der Waals surface area contributed by atoms with E-state index in [4.69, 9.17) is 11.6 Å². The zero-order valence-electron chi connectivity index (χ0n) is 12.2. The summed E-state index contributed by atoms with van der Waals surface area (Å²) in [6.45, 7) is 12.1. The summed E-state index contributed by atoms with van der Waals surface area (Å²) in [6.07, 6.45) is 0. The van der Waals surface area contributed by atoms with Gasteiger partial charge in [0, 0.05) is 17.2 Å². The molecule has 2 heterocycles. The van der Waals surface area contributed by atoms with Gasteiger partial charge in [-0.1, -0.05) is 25.4 Å². The molecule has 0 saturated heterocycles. The van der Waals surface area contributed by atoms with Gasteiger partial charge in [-0.3, -0.25) is 0 Å². The molecular weight excluding hydrogens is 260 g/mol. The first-order valence-corrected chi connectivity index (χ1v) is 6.78. The van der Waals surface area contributed by atoms with Crippen LogP contribution in [0.1, 0.15) is 48.1 Å². The van der Waals surface area contributed by atoms with Crippen LogP contribution >= 0.6 is 11.6 Å². The van der Waals surface area contributed by atoms with Crippen LogP contribution in [0.5, 0.6) is 0 Å². The number of halogens is 1. The van der Waals surface area contributed by atoms with Crippen molar-refractivity contribution in [2.75, 3.05) is 0 Å². The van der Waals surface area contributed by atoms with Crippen molar-refractivity contribution >= 4 is 11.6 Å². The molecule has 19 heavy (non-hydrogen) atoms. The molecule has 0 N–H and O–H groups in total. The van der Waals surface area contributed by atoms with Crippen LogP contribution in [0.15, 0.2) is 0 Å². The van der Waals surface area contributed by atoms with Crippen molar-refractivity contribution in [2.45, 2.75) is 47.5 Å². The van der Waals surface area contributed by atoms with Crippen molar-refractivity contribution in [2.24, 2.45) is 0 Å². The van der Waals surface area contributed by atoms with Crippen molar-refractivity contribution in [1.82, 2.24) is 19.7 Å². The van der Waals surface area contributed by atoms with E-state index in [1.807, 2.05) is 25.5 Å². The van der Waals surface area contributed by atoms with E-state index in [2.05, 4.69) is 35.8 Å². The van der Waals surface area contributed by atoms with Gasteiger partial charge in [-0.15, -0.1) is 0 Å². The van der Waals surface area contributed by atoms with Crippen molar-refractivity contribution in [3.05, 3.63) is 33.5 Å². The summed E-state index contributed by atoms with van der Waals surface area (Å²) in [6, 6.07) is 0. The lowest BCUT2D eigenvalue weighted by Crippen LogP contribution is -2.10. The van der Waals surface area contributed by atoms with Gasteiger partial charge in [0.05, 0.1) is 5.69 Å². The predicted molar refractivity (Wildman–Crippen MR) is 77.2 cm³/mol. The molecule has 0 amide bonds. The highest BCUT2D eigenvalue weighted by atomic mass is 35.5. The van der Waals surface area contributed by atoms with Crippen LogP contribution in [0, 0.1) is 27.7 Å².